The Morgan fingerprint density at radius 3 is 2.66 bits per heavy atom. The van der Waals surface area contributed by atoms with Crippen LogP contribution in [0.3, 0.4) is 0 Å². The van der Waals surface area contributed by atoms with Crippen molar-refractivity contribution in [3.05, 3.63) is 112 Å². The average Bonchev–Trinajstić information content (AvgIpc) is 3.76. The Hall–Kier alpha value is -2.63. The Morgan fingerprint density at radius 1 is 1.03 bits per heavy atom. The molecule has 0 saturated heterocycles. The highest BCUT2D eigenvalue weighted by molar-refractivity contribution is 7.99. The van der Waals surface area contributed by atoms with Gasteiger partial charge in [0.1, 0.15) is 5.60 Å². The molecule has 2 N–H and O–H groups in total. The Balaban J connectivity index is 1.35. The summed E-state index contributed by atoms with van der Waals surface area (Å²) in [5.74, 6) is 2.03. The molecule has 38 heavy (non-hydrogen) atoms. The van der Waals surface area contributed by atoms with E-state index >= 15 is 0 Å². The molecule has 1 aliphatic rings. The molecule has 3 nitrogen and oxygen atoms in total. The van der Waals surface area contributed by atoms with E-state index in [2.05, 4.69) is 48.6 Å². The molecule has 0 amide bonds. The molecular formula is C33H34ClNO2S. The Labute approximate surface area is 234 Å². The number of benzene rings is 3. The van der Waals surface area contributed by atoms with Crippen LogP contribution in [0.4, 0.5) is 0 Å². The molecule has 1 aliphatic carbocycles. The summed E-state index contributed by atoms with van der Waals surface area (Å²) in [7, 11) is 0. The lowest BCUT2D eigenvalue weighted by atomic mass is 9.89. The van der Waals surface area contributed by atoms with E-state index in [4.69, 9.17) is 16.6 Å². The maximum absolute atomic E-state index is 10.7. The van der Waals surface area contributed by atoms with Crippen LogP contribution in [0.15, 0.2) is 78.9 Å². The van der Waals surface area contributed by atoms with E-state index < -0.39 is 5.60 Å². The first-order valence-corrected chi connectivity index (χ1v) is 14.7. The number of rotatable bonds is 11. The molecule has 5 heteroatoms. The largest absolute Gasteiger partial charge is 0.393 e. The van der Waals surface area contributed by atoms with Gasteiger partial charge in [-0.15, -0.1) is 0 Å². The van der Waals surface area contributed by atoms with Crippen molar-refractivity contribution >= 4 is 46.4 Å². The van der Waals surface area contributed by atoms with Crippen molar-refractivity contribution in [2.45, 2.75) is 43.5 Å². The molecule has 0 bridgehead atoms. The minimum Gasteiger partial charge on any atom is -0.393 e. The van der Waals surface area contributed by atoms with Crippen molar-refractivity contribution in [1.82, 2.24) is 4.98 Å². The first-order valence-electron chi connectivity index (χ1n) is 13.3. The van der Waals surface area contributed by atoms with Crippen LogP contribution >= 0.6 is 23.4 Å². The molecule has 2 atom stereocenters. The van der Waals surface area contributed by atoms with Gasteiger partial charge in [-0.2, -0.15) is 11.8 Å². The fourth-order valence-electron chi connectivity index (χ4n) is 4.76. The molecular weight excluding hydrogens is 510 g/mol. The van der Waals surface area contributed by atoms with E-state index in [9.17, 15) is 10.2 Å². The number of hydrogen-bond acceptors (Lipinski definition) is 4. The van der Waals surface area contributed by atoms with Gasteiger partial charge in [0, 0.05) is 15.7 Å². The Morgan fingerprint density at radius 2 is 1.84 bits per heavy atom. The molecule has 2 unspecified atom stereocenters. The number of aliphatic hydroxyl groups excluding tert-OH is 1. The summed E-state index contributed by atoms with van der Waals surface area (Å²) >= 11 is 8.21. The molecule has 1 saturated carbocycles. The maximum atomic E-state index is 10.7. The summed E-state index contributed by atoms with van der Waals surface area (Å²) in [6.45, 7) is 1.39. The summed E-state index contributed by atoms with van der Waals surface area (Å²) in [5.41, 5.74) is 4.94. The highest BCUT2D eigenvalue weighted by Gasteiger charge is 2.26. The molecule has 0 spiro atoms. The van der Waals surface area contributed by atoms with Crippen molar-refractivity contribution < 1.29 is 10.2 Å². The summed E-state index contributed by atoms with van der Waals surface area (Å²) in [5, 5.41) is 22.6. The van der Waals surface area contributed by atoms with Gasteiger partial charge in [0.25, 0.3) is 0 Å². The van der Waals surface area contributed by atoms with Gasteiger partial charge in [-0.1, -0.05) is 78.3 Å². The molecule has 3 aromatic carbocycles. The fraction of sp³-hybridized carbons (Fsp3) is 0.303. The molecule has 0 radical (unpaired) electrons. The normalized spacial score (nSPS) is 16.1. The van der Waals surface area contributed by atoms with Crippen LogP contribution in [0.2, 0.25) is 5.02 Å². The number of nitrogens with zero attached hydrogens (tertiary/aromatic N) is 1. The summed E-state index contributed by atoms with van der Waals surface area (Å²) < 4.78 is 0. The van der Waals surface area contributed by atoms with Gasteiger partial charge in [-0.25, -0.2) is 4.98 Å². The van der Waals surface area contributed by atoms with E-state index in [1.807, 2.05) is 54.2 Å². The van der Waals surface area contributed by atoms with Gasteiger partial charge in [-0.05, 0) is 90.8 Å². The lowest BCUT2D eigenvalue weighted by molar-refractivity contribution is -0.00299. The van der Waals surface area contributed by atoms with Crippen LogP contribution in [0, 0.1) is 5.92 Å². The summed E-state index contributed by atoms with van der Waals surface area (Å²) in [4.78, 5) is 4.75. The number of aryl methyl sites for hydroxylation is 1. The summed E-state index contributed by atoms with van der Waals surface area (Å²) in [6.07, 6.45) is 8.68. The standard InChI is InChI=1S/C33H34ClNO2S/c1-33(37,22-36)30-8-3-2-6-25(30)14-18-32(38-21-24-9-10-24)27-7-4-5-23(19-27)11-16-29-17-13-26-12-15-28(34)20-31(26)35-29/h2-8,11-13,15-17,19-20,24,32,36-37H,9-10,14,18,21-22H2,1H3/b16-11+. The quantitative estimate of drug-likeness (QED) is 0.201. The third-order valence-electron chi connectivity index (χ3n) is 7.22. The van der Waals surface area contributed by atoms with Crippen LogP contribution < -0.4 is 0 Å². The lowest BCUT2D eigenvalue weighted by Gasteiger charge is -2.25. The number of fused-ring (bicyclic) bond motifs is 1. The second-order valence-electron chi connectivity index (χ2n) is 10.5. The number of aromatic nitrogens is 1. The van der Waals surface area contributed by atoms with E-state index in [0.717, 1.165) is 52.0 Å². The SMILES string of the molecule is CC(O)(CO)c1ccccc1CCC(SCC1CC1)c1cccc(/C=C/c2ccc3ccc(Cl)cc3n2)c1. The van der Waals surface area contributed by atoms with Crippen LogP contribution in [-0.4, -0.2) is 27.6 Å². The predicted octanol–water partition coefficient (Wildman–Crippen LogP) is 8.08. The van der Waals surface area contributed by atoms with Crippen molar-refractivity contribution in [2.75, 3.05) is 12.4 Å². The average molecular weight is 544 g/mol. The highest BCUT2D eigenvalue weighted by Crippen LogP contribution is 2.41. The molecule has 5 rings (SSSR count). The van der Waals surface area contributed by atoms with Gasteiger partial charge >= 0.3 is 0 Å². The van der Waals surface area contributed by atoms with Crippen LogP contribution in [0.25, 0.3) is 23.1 Å². The zero-order chi connectivity index (χ0) is 26.5. The third kappa shape index (κ3) is 6.86. The molecule has 0 aliphatic heterocycles. The maximum Gasteiger partial charge on any atom is 0.110 e. The molecule has 1 fully saturated rings. The summed E-state index contributed by atoms with van der Waals surface area (Å²) in [6, 6.07) is 26.6. The molecule has 196 valence electrons. The number of halogens is 1. The van der Waals surface area contributed by atoms with Gasteiger partial charge in [0.05, 0.1) is 17.8 Å². The van der Waals surface area contributed by atoms with Crippen LogP contribution in [0.1, 0.15) is 59.4 Å². The smallest absolute Gasteiger partial charge is 0.110 e. The Bertz CT molecular complexity index is 1430. The molecule has 1 heterocycles. The number of aliphatic hydroxyl groups is 2. The molecule has 4 aromatic rings. The second kappa shape index (κ2) is 12.0. The van der Waals surface area contributed by atoms with E-state index in [1.165, 1.54) is 24.2 Å². The van der Waals surface area contributed by atoms with Crippen molar-refractivity contribution in [1.29, 1.82) is 0 Å². The van der Waals surface area contributed by atoms with Gasteiger partial charge < -0.3 is 10.2 Å². The first-order chi connectivity index (χ1) is 18.4. The zero-order valence-electron chi connectivity index (χ0n) is 21.7. The second-order valence-corrected chi connectivity index (χ2v) is 12.1. The number of hydrogen-bond donors (Lipinski definition) is 2. The van der Waals surface area contributed by atoms with Gasteiger partial charge in [-0.3, -0.25) is 0 Å². The van der Waals surface area contributed by atoms with Crippen LogP contribution in [0.5, 0.6) is 0 Å². The predicted molar refractivity (Wildman–Crippen MR) is 161 cm³/mol. The minimum atomic E-state index is -1.24. The topological polar surface area (TPSA) is 53.4 Å². The fourth-order valence-corrected chi connectivity index (χ4v) is 6.39. The van der Waals surface area contributed by atoms with Crippen molar-refractivity contribution in [3.63, 3.8) is 0 Å². The highest BCUT2D eigenvalue weighted by atomic mass is 35.5. The first kappa shape index (κ1) is 27.0. The number of thioether (sulfide) groups is 1. The Kier molecular flexibility index (Phi) is 8.54. The van der Waals surface area contributed by atoms with Gasteiger partial charge in [0.2, 0.25) is 0 Å². The molecule has 1 aromatic heterocycles. The van der Waals surface area contributed by atoms with E-state index in [-0.39, 0.29) is 6.61 Å². The van der Waals surface area contributed by atoms with E-state index in [0.29, 0.717) is 10.3 Å². The van der Waals surface area contributed by atoms with Crippen molar-refractivity contribution in [2.24, 2.45) is 5.92 Å². The monoisotopic (exact) mass is 543 g/mol. The van der Waals surface area contributed by atoms with Crippen molar-refractivity contribution in [3.8, 4) is 0 Å². The van der Waals surface area contributed by atoms with Crippen LogP contribution in [-0.2, 0) is 12.0 Å². The van der Waals surface area contributed by atoms with E-state index in [1.54, 1.807) is 6.92 Å². The number of pyridine rings is 1. The third-order valence-corrected chi connectivity index (χ3v) is 9.03. The minimum absolute atomic E-state index is 0.294. The lowest BCUT2D eigenvalue weighted by Crippen LogP contribution is -2.27. The zero-order valence-corrected chi connectivity index (χ0v) is 23.3. The van der Waals surface area contributed by atoms with Gasteiger partial charge in [0.15, 0.2) is 0 Å².